The highest BCUT2D eigenvalue weighted by atomic mass is 16.7. The molecule has 2 aromatic carbocycles. The average molecular weight is 508 g/mol. The smallest absolute Gasteiger partial charge is 0.239 e. The maximum absolute atomic E-state index is 13.6. The van der Waals surface area contributed by atoms with E-state index < -0.39 is 65.7 Å². The minimum atomic E-state index is -1.86. The normalized spacial score (nSPS) is 24.0. The molecule has 194 valence electrons. The standard InChI is InChI=1S/C23H24O13/c1-32-12-6-11-14(16(28)21(12)33-2)17(29)22(20(34-11)8-3-4-9(25)10(26)5-8)36-23-19(31)18(30)15(27)13(7-24)35-23/h3-6,13,15,18-19,23-28,30-31H,7H2,1-2H3/t13-,15-,18-,19-,23-/m0/s1. The molecule has 0 unspecified atom stereocenters. The van der Waals surface area contributed by atoms with Crippen LogP contribution in [-0.4, -0.2) is 87.3 Å². The third kappa shape index (κ3) is 4.12. The lowest BCUT2D eigenvalue weighted by molar-refractivity contribution is -0.277. The second-order valence-electron chi connectivity index (χ2n) is 7.94. The molecular formula is C23H24O13. The molecule has 5 atom stereocenters. The summed E-state index contributed by atoms with van der Waals surface area (Å²) in [5.74, 6) is -2.73. The minimum absolute atomic E-state index is 0.0350. The molecule has 13 nitrogen and oxygen atoms in total. The van der Waals surface area contributed by atoms with Gasteiger partial charge < -0.3 is 59.1 Å². The second-order valence-corrected chi connectivity index (χ2v) is 7.94. The van der Waals surface area contributed by atoms with Gasteiger partial charge in [0.2, 0.25) is 23.2 Å². The minimum Gasteiger partial charge on any atom is -0.504 e. The summed E-state index contributed by atoms with van der Waals surface area (Å²) in [6.07, 6.45) is -8.44. The molecule has 1 aliphatic heterocycles. The number of hydrogen-bond acceptors (Lipinski definition) is 13. The maximum Gasteiger partial charge on any atom is 0.239 e. The van der Waals surface area contributed by atoms with E-state index in [1.54, 1.807) is 0 Å². The molecule has 2 heterocycles. The van der Waals surface area contributed by atoms with Crippen molar-refractivity contribution in [1.29, 1.82) is 0 Å². The Morgan fingerprint density at radius 1 is 0.917 bits per heavy atom. The highest BCUT2D eigenvalue weighted by molar-refractivity contribution is 5.91. The molecule has 36 heavy (non-hydrogen) atoms. The first-order valence-electron chi connectivity index (χ1n) is 10.6. The molecule has 3 aromatic rings. The molecule has 1 aromatic heterocycles. The van der Waals surface area contributed by atoms with Crippen molar-refractivity contribution in [3.63, 3.8) is 0 Å². The average Bonchev–Trinajstić information content (AvgIpc) is 2.86. The number of aromatic hydroxyl groups is 3. The zero-order valence-electron chi connectivity index (χ0n) is 19.0. The summed E-state index contributed by atoms with van der Waals surface area (Å²) in [6.45, 7) is -0.742. The number of benzene rings is 2. The van der Waals surface area contributed by atoms with E-state index in [9.17, 15) is 40.5 Å². The number of phenolic OH excluding ortho intramolecular Hbond substituents is 3. The third-order valence-corrected chi connectivity index (χ3v) is 5.78. The lowest BCUT2D eigenvalue weighted by atomic mass is 9.99. The van der Waals surface area contributed by atoms with Gasteiger partial charge in [0, 0.05) is 11.6 Å². The van der Waals surface area contributed by atoms with Crippen LogP contribution in [0.4, 0.5) is 0 Å². The largest absolute Gasteiger partial charge is 0.504 e. The van der Waals surface area contributed by atoms with Crippen LogP contribution in [0.2, 0.25) is 0 Å². The van der Waals surface area contributed by atoms with Gasteiger partial charge in [-0.25, -0.2) is 0 Å². The number of aliphatic hydroxyl groups excluding tert-OH is 4. The summed E-state index contributed by atoms with van der Waals surface area (Å²) >= 11 is 0. The highest BCUT2D eigenvalue weighted by Gasteiger charge is 2.45. The van der Waals surface area contributed by atoms with Crippen molar-refractivity contribution in [1.82, 2.24) is 0 Å². The summed E-state index contributed by atoms with van der Waals surface area (Å²) < 4.78 is 27.1. The van der Waals surface area contributed by atoms with Gasteiger partial charge >= 0.3 is 0 Å². The van der Waals surface area contributed by atoms with Crippen LogP contribution < -0.4 is 19.6 Å². The molecule has 0 spiro atoms. The summed E-state index contributed by atoms with van der Waals surface area (Å²) in [7, 11) is 2.54. The molecule has 1 fully saturated rings. The molecule has 4 rings (SSSR count). The van der Waals surface area contributed by atoms with Crippen molar-refractivity contribution < 1.29 is 59.1 Å². The monoisotopic (exact) mass is 508 g/mol. The molecule has 13 heteroatoms. The number of phenols is 3. The fraction of sp³-hybridized carbons (Fsp3) is 0.348. The SMILES string of the molecule is COc1cc2oc(-c3ccc(O)c(O)c3)c(O[C@@H]3O[C@@H](CO)[C@H](O)[C@H](O)[C@@H]3O)c(=O)c2c(O)c1OC. The number of fused-ring (bicyclic) bond motifs is 1. The van der Waals surface area contributed by atoms with E-state index in [0.29, 0.717) is 0 Å². The molecule has 1 saturated heterocycles. The molecule has 1 aliphatic rings. The highest BCUT2D eigenvalue weighted by Crippen LogP contribution is 2.44. The van der Waals surface area contributed by atoms with E-state index in [0.717, 1.165) is 12.1 Å². The predicted octanol–water partition coefficient (Wildman–Crippen LogP) is -0.227. The molecule has 0 saturated carbocycles. The van der Waals surface area contributed by atoms with Gasteiger partial charge in [0.15, 0.2) is 28.8 Å². The van der Waals surface area contributed by atoms with Crippen molar-refractivity contribution in [3.05, 3.63) is 34.5 Å². The van der Waals surface area contributed by atoms with Gasteiger partial charge in [-0.1, -0.05) is 0 Å². The first kappa shape index (κ1) is 25.3. The molecule has 0 bridgehead atoms. The van der Waals surface area contributed by atoms with E-state index in [2.05, 4.69) is 0 Å². The lowest BCUT2D eigenvalue weighted by Crippen LogP contribution is -2.60. The van der Waals surface area contributed by atoms with Crippen molar-refractivity contribution in [2.45, 2.75) is 30.7 Å². The number of ether oxygens (including phenoxy) is 4. The Morgan fingerprint density at radius 3 is 2.25 bits per heavy atom. The molecule has 0 radical (unpaired) electrons. The van der Waals surface area contributed by atoms with E-state index in [1.165, 1.54) is 26.4 Å². The zero-order chi connectivity index (χ0) is 26.3. The fourth-order valence-corrected chi connectivity index (χ4v) is 3.87. The molecular weight excluding hydrogens is 484 g/mol. The summed E-state index contributed by atoms with van der Waals surface area (Å²) in [6, 6.07) is 4.76. The van der Waals surface area contributed by atoms with Gasteiger partial charge in [0.05, 0.1) is 20.8 Å². The van der Waals surface area contributed by atoms with Gasteiger partial charge in [0.1, 0.15) is 35.4 Å². The molecule has 0 amide bonds. The van der Waals surface area contributed by atoms with Crippen LogP contribution in [0.1, 0.15) is 0 Å². The summed E-state index contributed by atoms with van der Waals surface area (Å²) in [4.78, 5) is 13.6. The van der Waals surface area contributed by atoms with E-state index in [-0.39, 0.29) is 33.8 Å². The third-order valence-electron chi connectivity index (χ3n) is 5.78. The van der Waals surface area contributed by atoms with Gasteiger partial charge in [-0.3, -0.25) is 4.79 Å². The Bertz CT molecular complexity index is 1330. The van der Waals surface area contributed by atoms with Gasteiger partial charge in [-0.05, 0) is 18.2 Å². The van der Waals surface area contributed by atoms with E-state index in [1.807, 2.05) is 0 Å². The Balaban J connectivity index is 1.96. The molecule has 0 aliphatic carbocycles. The van der Waals surface area contributed by atoms with Crippen molar-refractivity contribution in [2.75, 3.05) is 20.8 Å². The first-order valence-corrected chi connectivity index (χ1v) is 10.6. The van der Waals surface area contributed by atoms with Gasteiger partial charge in [-0.2, -0.15) is 0 Å². The number of rotatable bonds is 6. The Hall–Kier alpha value is -3.75. The van der Waals surface area contributed by atoms with Gasteiger partial charge in [-0.15, -0.1) is 0 Å². The van der Waals surface area contributed by atoms with Crippen LogP contribution in [0.5, 0.6) is 34.5 Å². The topological polar surface area (TPSA) is 209 Å². The van der Waals surface area contributed by atoms with Crippen LogP contribution in [0.3, 0.4) is 0 Å². The Kier molecular flexibility index (Phi) is 6.84. The molecule has 7 N–H and O–H groups in total. The van der Waals surface area contributed by atoms with Crippen LogP contribution >= 0.6 is 0 Å². The van der Waals surface area contributed by atoms with E-state index >= 15 is 0 Å². The van der Waals surface area contributed by atoms with Crippen molar-refractivity contribution in [2.24, 2.45) is 0 Å². The van der Waals surface area contributed by atoms with Crippen LogP contribution in [0, 0.1) is 0 Å². The van der Waals surface area contributed by atoms with Crippen molar-refractivity contribution >= 4 is 11.0 Å². The fourth-order valence-electron chi connectivity index (χ4n) is 3.87. The second kappa shape index (κ2) is 9.72. The van der Waals surface area contributed by atoms with E-state index in [4.69, 9.17) is 23.4 Å². The Morgan fingerprint density at radius 2 is 1.64 bits per heavy atom. The van der Waals surface area contributed by atoms with Gasteiger partial charge in [0.25, 0.3) is 0 Å². The van der Waals surface area contributed by atoms with Crippen molar-refractivity contribution in [3.8, 4) is 45.8 Å². The number of methoxy groups -OCH3 is 2. The number of aliphatic hydroxyl groups is 4. The quantitative estimate of drug-likeness (QED) is 0.215. The van der Waals surface area contributed by atoms with Crippen LogP contribution in [-0.2, 0) is 4.74 Å². The summed E-state index contributed by atoms with van der Waals surface area (Å²) in [5, 5.41) is 70.0. The van der Waals surface area contributed by atoms with Crippen LogP contribution in [0.25, 0.3) is 22.3 Å². The zero-order valence-corrected chi connectivity index (χ0v) is 19.0. The lowest BCUT2D eigenvalue weighted by Gasteiger charge is -2.39. The number of hydrogen-bond donors (Lipinski definition) is 7. The first-order chi connectivity index (χ1) is 17.1. The summed E-state index contributed by atoms with van der Waals surface area (Å²) in [5.41, 5.74) is -1.09. The van der Waals surface area contributed by atoms with Crippen LogP contribution in [0.15, 0.2) is 33.5 Å². The predicted molar refractivity (Wildman–Crippen MR) is 120 cm³/mol. The maximum atomic E-state index is 13.6. The Labute approximate surface area is 202 Å².